The Hall–Kier alpha value is -1.63. The Morgan fingerprint density at radius 3 is 2.80 bits per heavy atom. The van der Waals surface area contributed by atoms with Gasteiger partial charge in [-0.25, -0.2) is 0 Å². The van der Waals surface area contributed by atoms with Gasteiger partial charge >= 0.3 is 6.01 Å². The fourth-order valence-corrected chi connectivity index (χ4v) is 2.32. The highest BCUT2D eigenvalue weighted by Gasteiger charge is 2.28. The van der Waals surface area contributed by atoms with Crippen molar-refractivity contribution in [3.05, 3.63) is 0 Å². The molecule has 1 aliphatic rings. The van der Waals surface area contributed by atoms with Crippen molar-refractivity contribution in [2.75, 3.05) is 44.1 Å². The van der Waals surface area contributed by atoms with Gasteiger partial charge in [0.15, 0.2) is 0 Å². The van der Waals surface area contributed by atoms with Gasteiger partial charge in [0.2, 0.25) is 11.9 Å². The number of nitrogens with one attached hydrogen (secondary N) is 1. The van der Waals surface area contributed by atoms with E-state index in [1.165, 1.54) is 0 Å². The summed E-state index contributed by atoms with van der Waals surface area (Å²) in [5.74, 6) is 1.71. The molecule has 1 aromatic heterocycles. The minimum atomic E-state index is 0.203. The van der Waals surface area contributed by atoms with Crippen LogP contribution < -0.4 is 15.0 Å². The number of anilines is 2. The number of hydrogen-bond donors (Lipinski definition) is 1. The van der Waals surface area contributed by atoms with E-state index in [-0.39, 0.29) is 6.10 Å². The molecule has 112 valence electrons. The summed E-state index contributed by atoms with van der Waals surface area (Å²) in [4.78, 5) is 15.1. The fraction of sp³-hybridized carbons (Fsp3) is 0.769. The van der Waals surface area contributed by atoms with Crippen LogP contribution in [0.5, 0.6) is 6.01 Å². The first-order valence-corrected chi connectivity index (χ1v) is 7.02. The van der Waals surface area contributed by atoms with Gasteiger partial charge in [0, 0.05) is 27.2 Å². The lowest BCUT2D eigenvalue weighted by Crippen LogP contribution is -2.44. The summed E-state index contributed by atoms with van der Waals surface area (Å²) in [5.41, 5.74) is 0. The maximum atomic E-state index is 5.53. The summed E-state index contributed by atoms with van der Waals surface area (Å²) in [7, 11) is 3.54. The fourth-order valence-electron chi connectivity index (χ4n) is 2.32. The van der Waals surface area contributed by atoms with Gasteiger partial charge in [-0.1, -0.05) is 6.92 Å². The third-order valence-corrected chi connectivity index (χ3v) is 3.58. The lowest BCUT2D eigenvalue weighted by molar-refractivity contribution is 0.0494. The summed E-state index contributed by atoms with van der Waals surface area (Å²) >= 11 is 0. The Morgan fingerprint density at radius 1 is 1.35 bits per heavy atom. The van der Waals surface area contributed by atoms with Crippen LogP contribution in [0.1, 0.15) is 20.3 Å². The highest BCUT2D eigenvalue weighted by atomic mass is 16.5. The molecule has 0 bridgehead atoms. The monoisotopic (exact) mass is 281 g/mol. The van der Waals surface area contributed by atoms with E-state index >= 15 is 0 Å². The quantitative estimate of drug-likeness (QED) is 0.868. The van der Waals surface area contributed by atoms with Crippen LogP contribution in [0.25, 0.3) is 0 Å². The molecule has 1 aliphatic heterocycles. The molecule has 0 aromatic carbocycles. The molecule has 0 radical (unpaired) electrons. The van der Waals surface area contributed by atoms with Crippen LogP contribution in [0.2, 0.25) is 0 Å². The van der Waals surface area contributed by atoms with E-state index in [0.29, 0.717) is 30.4 Å². The smallest absolute Gasteiger partial charge is 0.323 e. The van der Waals surface area contributed by atoms with Crippen molar-refractivity contribution in [3.8, 4) is 6.01 Å². The maximum absolute atomic E-state index is 5.53. The van der Waals surface area contributed by atoms with Gasteiger partial charge in [0.05, 0.1) is 12.7 Å². The number of nitrogens with zero attached hydrogens (tertiary/aromatic N) is 4. The maximum Gasteiger partial charge on any atom is 0.323 e. The van der Waals surface area contributed by atoms with E-state index in [1.807, 2.05) is 6.92 Å². The molecule has 2 atom stereocenters. The van der Waals surface area contributed by atoms with Gasteiger partial charge in [-0.15, -0.1) is 0 Å². The number of ether oxygens (including phenoxy) is 2. The third kappa shape index (κ3) is 3.27. The van der Waals surface area contributed by atoms with E-state index in [0.717, 1.165) is 19.5 Å². The molecule has 7 nitrogen and oxygen atoms in total. The van der Waals surface area contributed by atoms with Gasteiger partial charge in [0.25, 0.3) is 0 Å². The molecular weight excluding hydrogens is 258 g/mol. The topological polar surface area (TPSA) is 72.4 Å². The van der Waals surface area contributed by atoms with E-state index in [4.69, 9.17) is 9.47 Å². The van der Waals surface area contributed by atoms with E-state index in [1.54, 1.807) is 14.2 Å². The normalized spacial score (nSPS) is 22.7. The van der Waals surface area contributed by atoms with Crippen molar-refractivity contribution in [1.29, 1.82) is 0 Å². The van der Waals surface area contributed by atoms with Crippen molar-refractivity contribution in [2.45, 2.75) is 26.4 Å². The zero-order valence-corrected chi connectivity index (χ0v) is 12.6. The number of hydrogen-bond acceptors (Lipinski definition) is 7. The largest absolute Gasteiger partial charge is 0.464 e. The van der Waals surface area contributed by atoms with Crippen molar-refractivity contribution in [1.82, 2.24) is 15.0 Å². The lowest BCUT2D eigenvalue weighted by Gasteiger charge is -2.36. The standard InChI is InChI=1S/C13H23N5O2/c1-5-20-13-16-11(14-3)15-12(17-13)18-7-6-9(2)10(8-18)19-4/h9-10H,5-8H2,1-4H3,(H,14,15,16,17). The molecule has 0 amide bonds. The molecular formula is C13H23N5O2. The Bertz CT molecular complexity index is 443. The van der Waals surface area contributed by atoms with Crippen LogP contribution in [0.15, 0.2) is 0 Å². The molecule has 7 heteroatoms. The van der Waals surface area contributed by atoms with Gasteiger partial charge in [-0.2, -0.15) is 15.0 Å². The zero-order valence-electron chi connectivity index (χ0n) is 12.6. The molecule has 1 N–H and O–H groups in total. The average molecular weight is 281 g/mol. The van der Waals surface area contributed by atoms with E-state index in [9.17, 15) is 0 Å². The number of piperidine rings is 1. The molecule has 20 heavy (non-hydrogen) atoms. The van der Waals surface area contributed by atoms with Gasteiger partial charge in [-0.3, -0.25) is 0 Å². The molecule has 1 fully saturated rings. The van der Waals surface area contributed by atoms with Crippen LogP contribution in [-0.2, 0) is 4.74 Å². The van der Waals surface area contributed by atoms with Crippen LogP contribution >= 0.6 is 0 Å². The van der Waals surface area contributed by atoms with Crippen molar-refractivity contribution >= 4 is 11.9 Å². The molecule has 1 aromatic rings. The molecule has 1 saturated heterocycles. The number of methoxy groups -OCH3 is 1. The summed E-state index contributed by atoms with van der Waals surface area (Å²) in [6.45, 7) is 6.36. The summed E-state index contributed by atoms with van der Waals surface area (Å²) < 4.78 is 10.9. The summed E-state index contributed by atoms with van der Waals surface area (Å²) in [6, 6.07) is 0.356. The van der Waals surface area contributed by atoms with Crippen LogP contribution in [0, 0.1) is 5.92 Å². The first-order valence-electron chi connectivity index (χ1n) is 7.02. The highest BCUT2D eigenvalue weighted by molar-refractivity contribution is 5.38. The van der Waals surface area contributed by atoms with Crippen LogP contribution in [0.4, 0.5) is 11.9 Å². The Balaban J connectivity index is 2.20. The second kappa shape index (κ2) is 6.69. The van der Waals surface area contributed by atoms with Gasteiger partial charge < -0.3 is 19.7 Å². The molecule has 0 saturated carbocycles. The van der Waals surface area contributed by atoms with E-state index in [2.05, 4.69) is 32.1 Å². The number of aromatic nitrogens is 3. The SMILES string of the molecule is CCOc1nc(NC)nc(N2CCC(C)C(OC)C2)n1. The van der Waals surface area contributed by atoms with E-state index < -0.39 is 0 Å². The first-order chi connectivity index (χ1) is 9.67. The minimum Gasteiger partial charge on any atom is -0.464 e. The predicted molar refractivity (Wildman–Crippen MR) is 77.3 cm³/mol. The minimum absolute atomic E-state index is 0.203. The predicted octanol–water partition coefficient (Wildman–Crippen LogP) is 1.17. The average Bonchev–Trinajstić information content (AvgIpc) is 2.47. The Kier molecular flexibility index (Phi) is 4.94. The highest BCUT2D eigenvalue weighted by Crippen LogP contribution is 2.24. The number of rotatable bonds is 5. The Labute approximate surface area is 119 Å². The lowest BCUT2D eigenvalue weighted by atomic mass is 9.96. The van der Waals surface area contributed by atoms with Crippen LogP contribution in [0.3, 0.4) is 0 Å². The summed E-state index contributed by atoms with van der Waals surface area (Å²) in [5, 5.41) is 2.94. The van der Waals surface area contributed by atoms with Gasteiger partial charge in [-0.05, 0) is 19.3 Å². The van der Waals surface area contributed by atoms with Crippen molar-refractivity contribution in [3.63, 3.8) is 0 Å². The van der Waals surface area contributed by atoms with Crippen molar-refractivity contribution in [2.24, 2.45) is 5.92 Å². The summed E-state index contributed by atoms with van der Waals surface area (Å²) in [6.07, 6.45) is 1.26. The van der Waals surface area contributed by atoms with Crippen LogP contribution in [-0.4, -0.2) is 54.9 Å². The third-order valence-electron chi connectivity index (χ3n) is 3.58. The molecule has 2 unspecified atom stereocenters. The zero-order chi connectivity index (χ0) is 14.5. The van der Waals surface area contributed by atoms with Gasteiger partial charge in [0.1, 0.15) is 0 Å². The molecule has 2 heterocycles. The first kappa shape index (κ1) is 14.8. The second-order valence-corrected chi connectivity index (χ2v) is 4.91. The molecule has 0 aliphatic carbocycles. The van der Waals surface area contributed by atoms with Crippen molar-refractivity contribution < 1.29 is 9.47 Å². The second-order valence-electron chi connectivity index (χ2n) is 4.91. The molecule has 0 spiro atoms. The molecule has 2 rings (SSSR count). The Morgan fingerprint density at radius 2 is 2.15 bits per heavy atom.